The van der Waals surface area contributed by atoms with E-state index >= 15 is 4.39 Å². The predicted molar refractivity (Wildman–Crippen MR) is 116 cm³/mol. The third-order valence-corrected chi connectivity index (χ3v) is 6.14. The molecule has 0 saturated carbocycles. The predicted octanol–water partition coefficient (Wildman–Crippen LogP) is 3.23. The number of aliphatic hydroxyl groups is 1. The van der Waals surface area contributed by atoms with E-state index in [2.05, 4.69) is 4.72 Å². The zero-order chi connectivity index (χ0) is 23.8. The second kappa shape index (κ2) is 8.84. The van der Waals surface area contributed by atoms with E-state index in [1.54, 1.807) is 6.07 Å². The van der Waals surface area contributed by atoms with Crippen LogP contribution in [0.15, 0.2) is 36.4 Å². The van der Waals surface area contributed by atoms with Crippen molar-refractivity contribution in [2.75, 3.05) is 12.8 Å². The van der Waals surface area contributed by atoms with Crippen LogP contribution in [0.3, 0.4) is 0 Å². The summed E-state index contributed by atoms with van der Waals surface area (Å²) in [6.07, 6.45) is 1.57. The highest BCUT2D eigenvalue weighted by molar-refractivity contribution is 7.89. The number of carbonyl (C=O) groups is 1. The van der Waals surface area contributed by atoms with Crippen LogP contribution in [-0.4, -0.2) is 50.6 Å². The summed E-state index contributed by atoms with van der Waals surface area (Å²) in [4.78, 5) is 14.2. The SMILES string of the molecule is CC(C)(O)C(=O)N1CC[C@H](NS(C)(=N)=O)[C@@H]1Cc1cccc(-c2cc(F)cc(F)c2)c1F. The number of amides is 1. The number of hydrogen-bond donors (Lipinski definition) is 3. The van der Waals surface area contributed by atoms with Gasteiger partial charge in [-0.25, -0.2) is 26.9 Å². The van der Waals surface area contributed by atoms with Gasteiger partial charge in [0.15, 0.2) is 0 Å². The number of likely N-dealkylation sites (tertiary alicyclic amines) is 1. The van der Waals surface area contributed by atoms with E-state index in [0.29, 0.717) is 12.5 Å². The molecule has 0 bridgehead atoms. The Morgan fingerprint density at radius 2 is 1.88 bits per heavy atom. The largest absolute Gasteiger partial charge is 0.381 e. The Bertz CT molecular complexity index is 1110. The molecule has 0 aromatic heterocycles. The first kappa shape index (κ1) is 24.2. The molecule has 2 aromatic rings. The van der Waals surface area contributed by atoms with Crippen molar-refractivity contribution in [1.29, 1.82) is 4.78 Å². The summed E-state index contributed by atoms with van der Waals surface area (Å²) in [5.41, 5.74) is -1.44. The molecule has 1 fully saturated rings. The van der Waals surface area contributed by atoms with Gasteiger partial charge >= 0.3 is 0 Å². The minimum absolute atomic E-state index is 0.00329. The molecule has 0 radical (unpaired) electrons. The van der Waals surface area contributed by atoms with Crippen molar-refractivity contribution in [1.82, 2.24) is 9.62 Å². The van der Waals surface area contributed by atoms with Crippen molar-refractivity contribution in [3.63, 3.8) is 0 Å². The number of carbonyl (C=O) groups excluding carboxylic acids is 1. The lowest BCUT2D eigenvalue weighted by Gasteiger charge is -2.32. The summed E-state index contributed by atoms with van der Waals surface area (Å²) in [5.74, 6) is -2.93. The summed E-state index contributed by atoms with van der Waals surface area (Å²) >= 11 is 0. The summed E-state index contributed by atoms with van der Waals surface area (Å²) in [6, 6.07) is 5.95. The van der Waals surface area contributed by atoms with E-state index < -0.39 is 51.0 Å². The molecule has 174 valence electrons. The second-order valence-electron chi connectivity index (χ2n) is 8.62. The Labute approximate surface area is 185 Å². The molecule has 0 spiro atoms. The average Bonchev–Trinajstić information content (AvgIpc) is 3.01. The Kier molecular flexibility index (Phi) is 6.69. The normalized spacial score (nSPS) is 20.9. The monoisotopic (exact) mass is 469 g/mol. The van der Waals surface area contributed by atoms with Crippen LogP contribution in [0.5, 0.6) is 0 Å². The molecule has 6 nitrogen and oxygen atoms in total. The molecule has 1 aliphatic heterocycles. The van der Waals surface area contributed by atoms with E-state index in [4.69, 9.17) is 4.78 Å². The summed E-state index contributed by atoms with van der Waals surface area (Å²) in [5, 5.41) is 10.2. The number of nitrogens with one attached hydrogen (secondary N) is 2. The molecule has 1 amide bonds. The van der Waals surface area contributed by atoms with Crippen LogP contribution >= 0.6 is 0 Å². The minimum Gasteiger partial charge on any atom is -0.381 e. The van der Waals surface area contributed by atoms with Gasteiger partial charge in [-0.1, -0.05) is 18.2 Å². The molecule has 1 saturated heterocycles. The van der Waals surface area contributed by atoms with Gasteiger partial charge in [-0.2, -0.15) is 0 Å². The quantitative estimate of drug-likeness (QED) is 0.606. The van der Waals surface area contributed by atoms with Crippen molar-refractivity contribution in [2.45, 2.75) is 44.4 Å². The van der Waals surface area contributed by atoms with E-state index in [1.165, 1.54) is 37.1 Å². The van der Waals surface area contributed by atoms with Crippen LogP contribution < -0.4 is 4.72 Å². The Morgan fingerprint density at radius 3 is 2.44 bits per heavy atom. The second-order valence-corrected chi connectivity index (χ2v) is 10.5. The molecule has 0 aliphatic carbocycles. The smallest absolute Gasteiger partial charge is 0.254 e. The van der Waals surface area contributed by atoms with Crippen LogP contribution in [0.1, 0.15) is 25.8 Å². The summed E-state index contributed by atoms with van der Waals surface area (Å²) in [6.45, 7) is 2.93. The zero-order valence-corrected chi connectivity index (χ0v) is 18.8. The lowest BCUT2D eigenvalue weighted by atomic mass is 9.95. The van der Waals surface area contributed by atoms with Gasteiger partial charge in [-0.3, -0.25) is 4.79 Å². The highest BCUT2D eigenvalue weighted by atomic mass is 32.2. The average molecular weight is 470 g/mol. The standard InChI is InChI=1S/C22H26F3N3O3S/c1-22(2,30)21(29)28-8-7-18(27-32(3,26)31)19(28)11-13-5-4-6-17(20(13)25)14-9-15(23)12-16(24)10-14/h4-6,9-10,12,18-19,30H,7-8,11H2,1-3H3,(H2,26,27,31)/t18-,19-,32?/m0/s1. The number of hydrogen-bond acceptors (Lipinski definition) is 4. The van der Waals surface area contributed by atoms with Crippen molar-refractivity contribution in [3.8, 4) is 11.1 Å². The number of nitrogens with zero attached hydrogens (tertiary/aromatic N) is 1. The van der Waals surface area contributed by atoms with Gasteiger partial charge in [0.1, 0.15) is 33.0 Å². The Balaban J connectivity index is 1.99. The molecule has 1 aliphatic rings. The molecule has 1 heterocycles. The van der Waals surface area contributed by atoms with Crippen molar-refractivity contribution in [2.24, 2.45) is 0 Å². The highest BCUT2D eigenvalue weighted by Gasteiger charge is 2.42. The fraction of sp³-hybridized carbons (Fsp3) is 0.409. The highest BCUT2D eigenvalue weighted by Crippen LogP contribution is 2.30. The first-order valence-electron chi connectivity index (χ1n) is 10.0. The molecule has 10 heteroatoms. The van der Waals surface area contributed by atoms with E-state index in [1.807, 2.05) is 0 Å². The van der Waals surface area contributed by atoms with Gasteiger partial charge in [-0.15, -0.1) is 0 Å². The van der Waals surface area contributed by atoms with E-state index in [0.717, 1.165) is 12.1 Å². The number of rotatable bonds is 6. The van der Waals surface area contributed by atoms with Gasteiger partial charge in [-0.05, 0) is 49.9 Å². The molecule has 2 aromatic carbocycles. The lowest BCUT2D eigenvalue weighted by Crippen LogP contribution is -2.52. The molecule has 32 heavy (non-hydrogen) atoms. The summed E-state index contributed by atoms with van der Waals surface area (Å²) < 4.78 is 65.1. The first-order valence-corrected chi connectivity index (χ1v) is 12.0. The van der Waals surface area contributed by atoms with Gasteiger partial charge < -0.3 is 10.0 Å². The maximum Gasteiger partial charge on any atom is 0.254 e. The molecule has 1 unspecified atom stereocenters. The van der Waals surface area contributed by atoms with Gasteiger partial charge in [0.2, 0.25) is 0 Å². The molecular formula is C22H26F3N3O3S. The maximum absolute atomic E-state index is 15.4. The zero-order valence-electron chi connectivity index (χ0n) is 18.0. The number of halogens is 3. The van der Waals surface area contributed by atoms with Crippen LogP contribution in [-0.2, 0) is 21.1 Å². The van der Waals surface area contributed by atoms with Crippen molar-refractivity contribution in [3.05, 3.63) is 59.4 Å². The fourth-order valence-corrected chi connectivity index (χ4v) is 4.88. The van der Waals surface area contributed by atoms with E-state index in [9.17, 15) is 22.9 Å². The lowest BCUT2D eigenvalue weighted by molar-refractivity contribution is -0.148. The summed E-state index contributed by atoms with van der Waals surface area (Å²) in [7, 11) is -3.12. The van der Waals surface area contributed by atoms with E-state index in [-0.39, 0.29) is 29.7 Å². The molecule has 3 atom stereocenters. The van der Waals surface area contributed by atoms with Crippen LogP contribution in [0.4, 0.5) is 13.2 Å². The van der Waals surface area contributed by atoms with Crippen LogP contribution in [0, 0.1) is 22.2 Å². The van der Waals surface area contributed by atoms with Crippen LogP contribution in [0.2, 0.25) is 0 Å². The maximum atomic E-state index is 15.4. The molecule has 3 rings (SSSR count). The molecular weight excluding hydrogens is 443 g/mol. The Hall–Kier alpha value is -2.43. The third kappa shape index (κ3) is 5.48. The number of benzene rings is 2. The molecule has 3 N–H and O–H groups in total. The third-order valence-electron chi connectivity index (χ3n) is 5.39. The minimum atomic E-state index is -3.12. The Morgan fingerprint density at radius 1 is 1.25 bits per heavy atom. The van der Waals surface area contributed by atoms with Gasteiger partial charge in [0.05, 0.1) is 6.04 Å². The van der Waals surface area contributed by atoms with Gasteiger partial charge in [0, 0.05) is 30.5 Å². The topological polar surface area (TPSA) is 93.5 Å². The first-order chi connectivity index (χ1) is 14.8. The van der Waals surface area contributed by atoms with Crippen LogP contribution in [0.25, 0.3) is 11.1 Å². The fourth-order valence-electron chi connectivity index (χ4n) is 4.03. The van der Waals surface area contributed by atoms with Gasteiger partial charge in [0.25, 0.3) is 5.91 Å². The van der Waals surface area contributed by atoms with Crippen molar-refractivity contribution >= 4 is 15.8 Å². The van der Waals surface area contributed by atoms with Crippen molar-refractivity contribution < 1.29 is 27.3 Å².